The first-order chi connectivity index (χ1) is 12.8. The molecule has 4 rings (SSSR count). The molecule has 0 bridgehead atoms. The molecule has 0 radical (unpaired) electrons. The maximum absolute atomic E-state index is 13.7. The second-order valence-corrected chi connectivity index (χ2v) is 7.58. The van der Waals surface area contributed by atoms with Crippen molar-refractivity contribution >= 4 is 5.91 Å². The van der Waals surface area contributed by atoms with E-state index in [1.165, 1.54) is 5.56 Å². The number of piperidine rings is 2. The highest BCUT2D eigenvalue weighted by molar-refractivity contribution is 5.88. The van der Waals surface area contributed by atoms with Crippen LogP contribution in [0.5, 0.6) is 0 Å². The van der Waals surface area contributed by atoms with Gasteiger partial charge in [-0.1, -0.05) is 30.3 Å². The Balaban J connectivity index is 1.53. The molecular formula is C20H27N5O. The number of hydrogen-bond acceptors (Lipinski definition) is 4. The minimum atomic E-state index is -0.373. The molecule has 2 fully saturated rings. The predicted octanol–water partition coefficient (Wildman–Crippen LogP) is 1.84. The topological polar surface area (TPSA) is 63.1 Å². The van der Waals surface area contributed by atoms with Crippen molar-refractivity contribution in [2.24, 2.45) is 5.92 Å². The summed E-state index contributed by atoms with van der Waals surface area (Å²) in [5, 5.41) is 7.64. The monoisotopic (exact) mass is 353 g/mol. The van der Waals surface area contributed by atoms with Gasteiger partial charge in [-0.2, -0.15) is 5.10 Å². The summed E-state index contributed by atoms with van der Waals surface area (Å²) in [6, 6.07) is 10.4. The molecule has 6 nitrogen and oxygen atoms in total. The van der Waals surface area contributed by atoms with E-state index in [0.29, 0.717) is 11.8 Å². The molecule has 3 heterocycles. The van der Waals surface area contributed by atoms with E-state index < -0.39 is 0 Å². The van der Waals surface area contributed by atoms with Crippen molar-refractivity contribution in [1.82, 2.24) is 25.0 Å². The van der Waals surface area contributed by atoms with Crippen molar-refractivity contribution in [2.45, 2.75) is 37.6 Å². The zero-order chi connectivity index (χ0) is 17.8. The molecule has 2 aliphatic heterocycles. The Hall–Kier alpha value is -2.21. The van der Waals surface area contributed by atoms with Gasteiger partial charge in [0.1, 0.15) is 12.7 Å². The van der Waals surface area contributed by atoms with Crippen LogP contribution in [0.1, 0.15) is 31.2 Å². The molecule has 0 aliphatic carbocycles. The molecule has 1 aromatic heterocycles. The Morgan fingerprint density at radius 1 is 1.23 bits per heavy atom. The maximum atomic E-state index is 13.7. The molecule has 2 aromatic rings. The standard InChI is InChI=1S/C20H27N5O/c26-19(20(8-10-21-11-9-20)18-6-2-1-3-7-18)24-12-4-5-17(13-24)14-25-16-22-15-23-25/h1-3,6-7,15-17,21H,4-5,8-14H2. The van der Waals surface area contributed by atoms with Crippen LogP contribution in [0, 0.1) is 5.92 Å². The Morgan fingerprint density at radius 2 is 2.04 bits per heavy atom. The third-order valence-electron chi connectivity index (χ3n) is 5.91. The van der Waals surface area contributed by atoms with E-state index in [1.807, 2.05) is 10.7 Å². The Bertz CT molecular complexity index is 709. The van der Waals surface area contributed by atoms with Crippen molar-refractivity contribution in [2.75, 3.05) is 26.2 Å². The minimum absolute atomic E-state index is 0.313. The van der Waals surface area contributed by atoms with Crippen LogP contribution < -0.4 is 5.32 Å². The van der Waals surface area contributed by atoms with Gasteiger partial charge in [-0.25, -0.2) is 4.98 Å². The van der Waals surface area contributed by atoms with Crippen molar-refractivity contribution in [1.29, 1.82) is 0 Å². The molecular weight excluding hydrogens is 326 g/mol. The summed E-state index contributed by atoms with van der Waals surface area (Å²) in [6.45, 7) is 4.33. The molecule has 0 spiro atoms. The number of benzene rings is 1. The fraction of sp³-hybridized carbons (Fsp3) is 0.550. The van der Waals surface area contributed by atoms with Crippen molar-refractivity contribution in [3.05, 3.63) is 48.5 Å². The molecule has 1 atom stereocenters. The third-order valence-corrected chi connectivity index (χ3v) is 5.91. The fourth-order valence-corrected chi connectivity index (χ4v) is 4.53. The lowest BCUT2D eigenvalue weighted by Gasteiger charge is -2.43. The summed E-state index contributed by atoms with van der Waals surface area (Å²) in [4.78, 5) is 19.8. The number of carbonyl (C=O) groups excluding carboxylic acids is 1. The number of amides is 1. The van der Waals surface area contributed by atoms with Crippen molar-refractivity contribution in [3.63, 3.8) is 0 Å². The Kier molecular flexibility index (Phi) is 5.02. The molecule has 26 heavy (non-hydrogen) atoms. The first kappa shape index (κ1) is 17.2. The van der Waals surface area contributed by atoms with Gasteiger partial charge in [0.15, 0.2) is 0 Å². The third kappa shape index (κ3) is 3.38. The van der Waals surface area contributed by atoms with E-state index >= 15 is 0 Å². The lowest BCUT2D eigenvalue weighted by atomic mass is 9.71. The fourth-order valence-electron chi connectivity index (χ4n) is 4.53. The van der Waals surface area contributed by atoms with E-state index in [4.69, 9.17) is 0 Å². The minimum Gasteiger partial charge on any atom is -0.342 e. The van der Waals surface area contributed by atoms with Gasteiger partial charge in [-0.3, -0.25) is 9.48 Å². The highest BCUT2D eigenvalue weighted by atomic mass is 16.2. The Morgan fingerprint density at radius 3 is 2.77 bits per heavy atom. The second-order valence-electron chi connectivity index (χ2n) is 7.58. The van der Waals surface area contributed by atoms with E-state index in [-0.39, 0.29) is 5.41 Å². The zero-order valence-corrected chi connectivity index (χ0v) is 15.2. The van der Waals surface area contributed by atoms with E-state index in [1.54, 1.807) is 12.7 Å². The molecule has 6 heteroatoms. The molecule has 138 valence electrons. The van der Waals surface area contributed by atoms with Gasteiger partial charge in [0.2, 0.25) is 5.91 Å². The number of hydrogen-bond donors (Lipinski definition) is 1. The summed E-state index contributed by atoms with van der Waals surface area (Å²) >= 11 is 0. The van der Waals surface area contributed by atoms with Crippen LogP contribution in [0.15, 0.2) is 43.0 Å². The molecule has 1 unspecified atom stereocenters. The van der Waals surface area contributed by atoms with Crippen LogP contribution in [-0.2, 0) is 16.8 Å². The average Bonchev–Trinajstić information content (AvgIpc) is 3.22. The molecule has 2 aliphatic rings. The largest absolute Gasteiger partial charge is 0.342 e. The number of likely N-dealkylation sites (tertiary alicyclic amines) is 1. The van der Waals surface area contributed by atoms with Gasteiger partial charge in [0, 0.05) is 19.6 Å². The molecule has 1 aromatic carbocycles. The SMILES string of the molecule is O=C(N1CCCC(Cn2cncn2)C1)C1(c2ccccc2)CCNCC1. The zero-order valence-electron chi connectivity index (χ0n) is 15.2. The average molecular weight is 353 g/mol. The normalized spacial score (nSPS) is 22.9. The van der Waals surface area contributed by atoms with E-state index in [9.17, 15) is 4.79 Å². The summed E-state index contributed by atoms with van der Waals surface area (Å²) < 4.78 is 1.89. The maximum Gasteiger partial charge on any atom is 0.233 e. The number of nitrogens with zero attached hydrogens (tertiary/aromatic N) is 4. The summed E-state index contributed by atoms with van der Waals surface area (Å²) in [6.07, 6.45) is 7.29. The van der Waals surface area contributed by atoms with Gasteiger partial charge < -0.3 is 10.2 Å². The van der Waals surface area contributed by atoms with Gasteiger partial charge in [-0.15, -0.1) is 0 Å². The summed E-state index contributed by atoms with van der Waals surface area (Å²) in [7, 11) is 0. The first-order valence-corrected chi connectivity index (χ1v) is 9.66. The second kappa shape index (κ2) is 7.58. The van der Waals surface area contributed by atoms with Crippen LogP contribution in [-0.4, -0.2) is 51.8 Å². The molecule has 1 amide bonds. The highest BCUT2D eigenvalue weighted by Gasteiger charge is 2.44. The van der Waals surface area contributed by atoms with Crippen LogP contribution in [0.2, 0.25) is 0 Å². The van der Waals surface area contributed by atoms with Gasteiger partial charge >= 0.3 is 0 Å². The molecule has 2 saturated heterocycles. The van der Waals surface area contributed by atoms with Crippen molar-refractivity contribution < 1.29 is 4.79 Å². The van der Waals surface area contributed by atoms with Gasteiger partial charge in [-0.05, 0) is 50.3 Å². The van der Waals surface area contributed by atoms with Gasteiger partial charge in [0.05, 0.1) is 5.41 Å². The Labute approximate surface area is 154 Å². The van der Waals surface area contributed by atoms with Crippen LogP contribution in [0.3, 0.4) is 0 Å². The lowest BCUT2D eigenvalue weighted by molar-refractivity contribution is -0.140. The van der Waals surface area contributed by atoms with E-state index in [0.717, 1.165) is 58.4 Å². The van der Waals surface area contributed by atoms with Crippen molar-refractivity contribution in [3.8, 4) is 0 Å². The lowest BCUT2D eigenvalue weighted by Crippen LogP contribution is -2.54. The van der Waals surface area contributed by atoms with Gasteiger partial charge in [0.25, 0.3) is 0 Å². The number of rotatable bonds is 4. The first-order valence-electron chi connectivity index (χ1n) is 9.66. The van der Waals surface area contributed by atoms with Crippen LogP contribution in [0.4, 0.5) is 0 Å². The predicted molar refractivity (Wildman–Crippen MR) is 99.5 cm³/mol. The quantitative estimate of drug-likeness (QED) is 0.911. The summed E-state index contributed by atoms with van der Waals surface area (Å²) in [5.74, 6) is 0.762. The molecule has 0 saturated carbocycles. The molecule has 1 N–H and O–H groups in total. The van der Waals surface area contributed by atoms with Crippen LogP contribution >= 0.6 is 0 Å². The smallest absolute Gasteiger partial charge is 0.233 e. The summed E-state index contributed by atoms with van der Waals surface area (Å²) in [5.41, 5.74) is 0.798. The number of nitrogens with one attached hydrogen (secondary N) is 1. The number of aromatic nitrogens is 3. The van der Waals surface area contributed by atoms with E-state index in [2.05, 4.69) is 44.6 Å². The van der Waals surface area contributed by atoms with Crippen LogP contribution in [0.25, 0.3) is 0 Å². The number of carbonyl (C=O) groups is 1. The highest BCUT2D eigenvalue weighted by Crippen LogP contribution is 2.36.